The van der Waals surface area contributed by atoms with Crippen LogP contribution in [0.4, 0.5) is 10.8 Å². The highest BCUT2D eigenvalue weighted by atomic mass is 35.5. The number of anilines is 2. The largest absolute Gasteiger partial charge is 0.299 e. The maximum absolute atomic E-state index is 12.7. The van der Waals surface area contributed by atoms with Gasteiger partial charge in [0.05, 0.1) is 11.9 Å². The van der Waals surface area contributed by atoms with Gasteiger partial charge in [-0.25, -0.2) is 8.42 Å². The van der Waals surface area contributed by atoms with Crippen LogP contribution < -0.4 is 9.62 Å². The smallest absolute Gasteiger partial charge is 0.249 e. The SMILES string of the molecule is Cc1ccc(N(C(C)C(=O)Nc2nnc(SCC(C)C)s2)S(C)(=O)=O)cc1Cl. The van der Waals surface area contributed by atoms with Gasteiger partial charge in [0.25, 0.3) is 0 Å². The fourth-order valence-corrected chi connectivity index (χ4v) is 5.37. The molecule has 1 heterocycles. The van der Waals surface area contributed by atoms with Crippen molar-refractivity contribution in [3.05, 3.63) is 28.8 Å². The summed E-state index contributed by atoms with van der Waals surface area (Å²) < 4.78 is 26.5. The topological polar surface area (TPSA) is 92.3 Å². The zero-order valence-electron chi connectivity index (χ0n) is 16.3. The maximum atomic E-state index is 12.7. The van der Waals surface area contributed by atoms with Crippen molar-refractivity contribution in [2.75, 3.05) is 21.6 Å². The Hall–Kier alpha value is -1.36. The van der Waals surface area contributed by atoms with E-state index in [0.29, 0.717) is 21.8 Å². The zero-order valence-corrected chi connectivity index (χ0v) is 19.5. The first-order valence-corrected chi connectivity index (χ1v) is 12.5. The lowest BCUT2D eigenvalue weighted by Gasteiger charge is -2.28. The number of nitrogens with one attached hydrogen (secondary N) is 1. The van der Waals surface area contributed by atoms with Gasteiger partial charge in [-0.2, -0.15) is 0 Å². The monoisotopic (exact) mass is 462 g/mol. The van der Waals surface area contributed by atoms with Crippen LogP contribution in [0.1, 0.15) is 26.3 Å². The lowest BCUT2D eigenvalue weighted by molar-refractivity contribution is -0.116. The lowest BCUT2D eigenvalue weighted by Crippen LogP contribution is -2.45. The van der Waals surface area contributed by atoms with Crippen LogP contribution in [-0.2, 0) is 14.8 Å². The molecule has 1 aromatic heterocycles. The number of benzene rings is 1. The predicted molar refractivity (Wildman–Crippen MR) is 117 cm³/mol. The van der Waals surface area contributed by atoms with E-state index in [4.69, 9.17) is 11.6 Å². The number of hydrogen-bond acceptors (Lipinski definition) is 7. The molecule has 0 bridgehead atoms. The van der Waals surface area contributed by atoms with Gasteiger partial charge in [-0.3, -0.25) is 14.4 Å². The highest BCUT2D eigenvalue weighted by molar-refractivity contribution is 8.01. The van der Waals surface area contributed by atoms with Crippen molar-refractivity contribution in [1.29, 1.82) is 0 Å². The van der Waals surface area contributed by atoms with Gasteiger partial charge >= 0.3 is 0 Å². The van der Waals surface area contributed by atoms with Gasteiger partial charge in [0.2, 0.25) is 21.1 Å². The Labute approximate surface area is 178 Å². The molecule has 0 aliphatic rings. The summed E-state index contributed by atoms with van der Waals surface area (Å²) in [7, 11) is -3.72. The molecule has 28 heavy (non-hydrogen) atoms. The first-order valence-electron chi connectivity index (χ1n) is 8.51. The number of carbonyl (C=O) groups is 1. The average molecular weight is 463 g/mol. The van der Waals surface area contributed by atoms with Crippen molar-refractivity contribution < 1.29 is 13.2 Å². The third-order valence-corrected chi connectivity index (χ3v) is 7.72. The Morgan fingerprint density at radius 2 is 2.00 bits per heavy atom. The summed E-state index contributed by atoms with van der Waals surface area (Å²) in [6, 6.07) is 3.87. The van der Waals surface area contributed by atoms with E-state index in [1.54, 1.807) is 23.9 Å². The Kier molecular flexibility index (Phi) is 7.72. The van der Waals surface area contributed by atoms with Gasteiger partial charge in [-0.05, 0) is 37.5 Å². The molecule has 1 N–H and O–H groups in total. The normalized spacial score (nSPS) is 12.8. The van der Waals surface area contributed by atoms with Gasteiger partial charge in [0.1, 0.15) is 6.04 Å². The van der Waals surface area contributed by atoms with Crippen molar-refractivity contribution in [2.45, 2.75) is 38.1 Å². The van der Waals surface area contributed by atoms with Crippen LogP contribution in [0.5, 0.6) is 0 Å². The Morgan fingerprint density at radius 3 is 2.57 bits per heavy atom. The van der Waals surface area contributed by atoms with Gasteiger partial charge in [-0.15, -0.1) is 10.2 Å². The number of sulfonamides is 1. The summed E-state index contributed by atoms with van der Waals surface area (Å²) in [5, 5.41) is 11.4. The molecule has 1 aromatic carbocycles. The molecule has 1 atom stereocenters. The molecule has 0 radical (unpaired) electrons. The highest BCUT2D eigenvalue weighted by Gasteiger charge is 2.30. The number of aryl methyl sites for hydroxylation is 1. The van der Waals surface area contributed by atoms with Crippen LogP contribution in [0.3, 0.4) is 0 Å². The number of amides is 1. The molecule has 154 valence electrons. The van der Waals surface area contributed by atoms with Crippen LogP contribution in [0.2, 0.25) is 5.02 Å². The fraction of sp³-hybridized carbons (Fsp3) is 0.471. The average Bonchev–Trinajstić information content (AvgIpc) is 3.02. The minimum Gasteiger partial charge on any atom is -0.299 e. The molecule has 2 aromatic rings. The Morgan fingerprint density at radius 1 is 1.32 bits per heavy atom. The second kappa shape index (κ2) is 9.43. The van der Waals surface area contributed by atoms with Gasteiger partial charge < -0.3 is 0 Å². The van der Waals surface area contributed by atoms with E-state index in [1.807, 2.05) is 6.92 Å². The molecule has 0 spiro atoms. The first-order chi connectivity index (χ1) is 13.0. The first kappa shape index (κ1) is 22.9. The molecular formula is C17H23ClN4O3S3. The Balaban J connectivity index is 2.19. The summed E-state index contributed by atoms with van der Waals surface area (Å²) >= 11 is 8.96. The number of rotatable bonds is 8. The number of thioether (sulfide) groups is 1. The molecule has 1 amide bonds. The summed E-state index contributed by atoms with van der Waals surface area (Å²) in [6.45, 7) is 7.54. The molecule has 2 rings (SSSR count). The minimum atomic E-state index is -3.72. The molecule has 0 saturated carbocycles. The number of halogens is 1. The molecule has 1 unspecified atom stereocenters. The summed E-state index contributed by atoms with van der Waals surface area (Å²) in [5.41, 5.74) is 1.14. The number of aromatic nitrogens is 2. The minimum absolute atomic E-state index is 0.325. The lowest BCUT2D eigenvalue weighted by atomic mass is 10.2. The van der Waals surface area contributed by atoms with E-state index in [1.165, 1.54) is 24.3 Å². The van der Waals surface area contributed by atoms with Crippen LogP contribution in [0, 0.1) is 12.8 Å². The highest BCUT2D eigenvalue weighted by Crippen LogP contribution is 2.29. The van der Waals surface area contributed by atoms with Crippen molar-refractivity contribution in [3.63, 3.8) is 0 Å². The summed E-state index contributed by atoms with van der Waals surface area (Å²) in [4.78, 5) is 12.7. The second-order valence-electron chi connectivity index (χ2n) is 6.74. The molecule has 0 fully saturated rings. The number of nitrogens with zero attached hydrogens (tertiary/aromatic N) is 3. The quantitative estimate of drug-likeness (QED) is 0.470. The van der Waals surface area contributed by atoms with E-state index in [2.05, 4.69) is 29.4 Å². The van der Waals surface area contributed by atoms with Gasteiger partial charge in [-0.1, -0.05) is 54.6 Å². The van der Waals surface area contributed by atoms with Crippen molar-refractivity contribution in [3.8, 4) is 0 Å². The van der Waals surface area contributed by atoms with Crippen LogP contribution in [0.15, 0.2) is 22.5 Å². The maximum Gasteiger partial charge on any atom is 0.249 e. The van der Waals surface area contributed by atoms with Crippen molar-refractivity contribution in [2.24, 2.45) is 5.92 Å². The van der Waals surface area contributed by atoms with E-state index in [0.717, 1.165) is 26.2 Å². The summed E-state index contributed by atoms with van der Waals surface area (Å²) in [5.74, 6) is 0.907. The summed E-state index contributed by atoms with van der Waals surface area (Å²) in [6.07, 6.45) is 1.05. The van der Waals surface area contributed by atoms with Crippen LogP contribution in [-0.4, -0.2) is 42.6 Å². The van der Waals surface area contributed by atoms with Gasteiger partial charge in [0, 0.05) is 10.8 Å². The molecule has 0 aliphatic heterocycles. The number of carbonyl (C=O) groups excluding carboxylic acids is 1. The van der Waals surface area contributed by atoms with Gasteiger partial charge in [0.15, 0.2) is 4.34 Å². The standard InChI is InChI=1S/C17H23ClN4O3S3/c1-10(2)9-26-17-21-20-16(27-17)19-15(23)12(4)22(28(5,24)25)13-7-6-11(3)14(18)8-13/h6-8,10,12H,9H2,1-5H3,(H,19,20,23). The van der Waals surface area contributed by atoms with Crippen LogP contribution >= 0.6 is 34.7 Å². The number of hydrogen-bond donors (Lipinski definition) is 1. The van der Waals surface area contributed by atoms with E-state index in [-0.39, 0.29) is 0 Å². The molecule has 0 saturated heterocycles. The second-order valence-corrected chi connectivity index (χ2v) is 11.2. The van der Waals surface area contributed by atoms with E-state index in [9.17, 15) is 13.2 Å². The molecule has 0 aliphatic carbocycles. The van der Waals surface area contributed by atoms with E-state index >= 15 is 0 Å². The van der Waals surface area contributed by atoms with E-state index < -0.39 is 22.0 Å². The predicted octanol–water partition coefficient (Wildman–Crippen LogP) is 4.04. The zero-order chi connectivity index (χ0) is 21.1. The molecule has 7 nitrogen and oxygen atoms in total. The third-order valence-electron chi connectivity index (χ3n) is 3.68. The van der Waals surface area contributed by atoms with Crippen molar-refractivity contribution >= 4 is 61.4 Å². The molecule has 11 heteroatoms. The molecular weight excluding hydrogens is 440 g/mol. The van der Waals surface area contributed by atoms with Crippen molar-refractivity contribution in [1.82, 2.24) is 10.2 Å². The fourth-order valence-electron chi connectivity index (χ4n) is 2.29. The van der Waals surface area contributed by atoms with Crippen LogP contribution in [0.25, 0.3) is 0 Å². The third kappa shape index (κ3) is 6.07. The Bertz CT molecular complexity index is 947.